The Kier molecular flexibility index (Phi) is 8.97. The molecule has 216 valence electrons. The van der Waals surface area contributed by atoms with Crippen molar-refractivity contribution < 1.29 is 23.7 Å². The fraction of sp³-hybridized carbons (Fsp3) is 0.0909. The highest BCUT2D eigenvalue weighted by Gasteiger charge is 2.19. The first-order chi connectivity index (χ1) is 20.9. The average molecular weight is 640 g/mol. The zero-order valence-electron chi connectivity index (χ0n) is 23.5. The summed E-state index contributed by atoms with van der Waals surface area (Å²) in [5, 5.41) is 4.91. The van der Waals surface area contributed by atoms with E-state index < -0.39 is 11.5 Å². The lowest BCUT2D eigenvalue weighted by Gasteiger charge is -2.15. The van der Waals surface area contributed by atoms with Crippen LogP contribution in [0.4, 0.5) is 0 Å². The normalized spacial score (nSPS) is 11.3. The summed E-state index contributed by atoms with van der Waals surface area (Å²) in [6, 6.07) is 24.9. The predicted molar refractivity (Wildman–Crippen MR) is 169 cm³/mol. The number of fused-ring (bicyclic) bond motifs is 1. The molecule has 4 aromatic carbocycles. The number of hydrogen-bond donors (Lipinski definition) is 0. The van der Waals surface area contributed by atoms with Crippen LogP contribution in [0.25, 0.3) is 28.4 Å². The van der Waals surface area contributed by atoms with Crippen LogP contribution in [0.5, 0.6) is 23.0 Å². The minimum atomic E-state index is -0.566. The molecular weight excluding hydrogens is 614 g/mol. The zero-order chi connectivity index (χ0) is 30.3. The number of carbonyl (C=O) groups excluding carboxylic acids is 1. The lowest BCUT2D eigenvalue weighted by Crippen LogP contribution is -2.20. The fourth-order valence-corrected chi connectivity index (χ4v) is 4.71. The highest BCUT2D eigenvalue weighted by Crippen LogP contribution is 2.41. The molecule has 5 aromatic rings. The van der Waals surface area contributed by atoms with Gasteiger partial charge in [-0.15, -0.1) is 0 Å². The molecule has 0 atom stereocenters. The van der Waals surface area contributed by atoms with Gasteiger partial charge in [-0.25, -0.2) is 9.78 Å². The van der Waals surface area contributed by atoms with Crippen LogP contribution >= 0.6 is 15.9 Å². The fourth-order valence-electron chi connectivity index (χ4n) is 4.33. The summed E-state index contributed by atoms with van der Waals surface area (Å²) < 4.78 is 24.0. The molecule has 0 spiro atoms. The van der Waals surface area contributed by atoms with Crippen molar-refractivity contribution in [2.45, 2.75) is 0 Å². The number of hydrogen-bond acceptors (Lipinski definition) is 8. The largest absolute Gasteiger partial charge is 0.493 e. The van der Waals surface area contributed by atoms with E-state index in [2.05, 4.69) is 21.0 Å². The first-order valence-electron chi connectivity index (χ1n) is 13.0. The number of aromatic nitrogens is 2. The molecule has 0 aliphatic heterocycles. The second-order valence-electron chi connectivity index (χ2n) is 9.08. The number of rotatable bonds is 9. The van der Waals surface area contributed by atoms with Gasteiger partial charge in [-0.3, -0.25) is 4.79 Å². The Labute approximate surface area is 255 Å². The summed E-state index contributed by atoms with van der Waals surface area (Å²) in [4.78, 5) is 31.1. The quantitative estimate of drug-likeness (QED) is 0.0801. The molecule has 0 saturated heterocycles. The summed E-state index contributed by atoms with van der Waals surface area (Å²) in [5.41, 5.74) is 1.91. The van der Waals surface area contributed by atoms with E-state index >= 15 is 0 Å². The van der Waals surface area contributed by atoms with Gasteiger partial charge >= 0.3 is 5.97 Å². The van der Waals surface area contributed by atoms with Gasteiger partial charge in [0.15, 0.2) is 17.3 Å². The van der Waals surface area contributed by atoms with Crippen LogP contribution in [0.1, 0.15) is 11.1 Å². The molecule has 1 heterocycles. The molecule has 43 heavy (non-hydrogen) atoms. The maximum atomic E-state index is 13.7. The maximum absolute atomic E-state index is 13.7. The summed E-state index contributed by atoms with van der Waals surface area (Å²) >= 11 is 3.46. The molecule has 9 nitrogen and oxygen atoms in total. The second-order valence-corrected chi connectivity index (χ2v) is 9.99. The molecule has 0 saturated carbocycles. The van der Waals surface area contributed by atoms with E-state index in [4.69, 9.17) is 23.9 Å². The van der Waals surface area contributed by atoms with Crippen LogP contribution in [0, 0.1) is 0 Å². The number of carbonyl (C=O) groups is 1. The Morgan fingerprint density at radius 2 is 1.56 bits per heavy atom. The zero-order valence-corrected chi connectivity index (χ0v) is 25.1. The van der Waals surface area contributed by atoms with Crippen molar-refractivity contribution >= 4 is 45.1 Å². The Bertz CT molecular complexity index is 1890. The number of halogens is 1. The van der Waals surface area contributed by atoms with Crippen LogP contribution in [0.15, 0.2) is 105 Å². The minimum Gasteiger partial charge on any atom is -0.493 e. The number of ether oxygens (including phenoxy) is 4. The van der Waals surface area contributed by atoms with Gasteiger partial charge in [-0.2, -0.15) is 9.78 Å². The number of para-hydroxylation sites is 1. The molecule has 0 bridgehead atoms. The van der Waals surface area contributed by atoms with Crippen LogP contribution < -0.4 is 24.5 Å². The van der Waals surface area contributed by atoms with Crippen LogP contribution in [-0.4, -0.2) is 43.2 Å². The van der Waals surface area contributed by atoms with Gasteiger partial charge in [0.2, 0.25) is 5.75 Å². The van der Waals surface area contributed by atoms with E-state index in [1.54, 1.807) is 60.7 Å². The van der Waals surface area contributed by atoms with Crippen LogP contribution in [-0.2, 0) is 4.79 Å². The molecular formula is C33H26BrN3O6. The lowest BCUT2D eigenvalue weighted by atomic mass is 10.1. The third-order valence-corrected chi connectivity index (χ3v) is 6.88. The van der Waals surface area contributed by atoms with Crippen molar-refractivity contribution in [1.29, 1.82) is 0 Å². The topological polar surface area (TPSA) is 101 Å². The molecule has 0 amide bonds. The highest BCUT2D eigenvalue weighted by molar-refractivity contribution is 9.10. The van der Waals surface area contributed by atoms with Crippen LogP contribution in [0.2, 0.25) is 0 Å². The molecule has 10 heteroatoms. The van der Waals surface area contributed by atoms with Gasteiger partial charge < -0.3 is 18.9 Å². The molecule has 0 N–H and O–H groups in total. The van der Waals surface area contributed by atoms with Crippen molar-refractivity contribution in [2.75, 3.05) is 21.3 Å². The minimum absolute atomic E-state index is 0.235. The third-order valence-electron chi connectivity index (χ3n) is 6.38. The highest BCUT2D eigenvalue weighted by atomic mass is 79.9. The molecule has 0 unspecified atom stereocenters. The average Bonchev–Trinajstić information content (AvgIpc) is 3.04. The van der Waals surface area contributed by atoms with E-state index in [1.807, 2.05) is 30.3 Å². The second kappa shape index (κ2) is 13.2. The Morgan fingerprint density at radius 1 is 0.860 bits per heavy atom. The van der Waals surface area contributed by atoms with E-state index in [1.165, 1.54) is 38.3 Å². The van der Waals surface area contributed by atoms with Gasteiger partial charge in [0.1, 0.15) is 5.75 Å². The Hall–Kier alpha value is -5.22. The number of nitrogens with zero attached hydrogens (tertiary/aromatic N) is 3. The SMILES string of the molecule is COc1cc(-c2nc3ccccc3c(=O)n2N=Cc2cc(Br)ccc2OC(=O)/C=C/c2ccccc2)cc(OC)c1OC. The molecule has 5 rings (SSSR count). The standard InChI is InChI=1S/C33H26BrN3O6/c1-40-28-18-22(19-29(41-2)31(28)42-3)32-36-26-12-8-7-11-25(26)33(39)37(32)35-20-23-17-24(34)14-15-27(23)43-30(38)16-13-21-9-5-4-6-10-21/h4-20H,1-3H3/b16-13+,35-20?. The van der Waals surface area contributed by atoms with E-state index in [0.717, 1.165) is 10.0 Å². The van der Waals surface area contributed by atoms with Crippen molar-refractivity contribution in [1.82, 2.24) is 9.66 Å². The van der Waals surface area contributed by atoms with Crippen molar-refractivity contribution in [3.05, 3.63) is 117 Å². The molecule has 0 radical (unpaired) electrons. The Balaban J connectivity index is 1.59. The first-order valence-corrected chi connectivity index (χ1v) is 13.8. The Morgan fingerprint density at radius 3 is 2.26 bits per heavy atom. The summed E-state index contributed by atoms with van der Waals surface area (Å²) in [6.45, 7) is 0. The third kappa shape index (κ3) is 6.49. The smallest absolute Gasteiger partial charge is 0.336 e. The number of esters is 1. The van der Waals surface area contributed by atoms with Crippen molar-refractivity contribution in [3.8, 4) is 34.4 Å². The van der Waals surface area contributed by atoms with Gasteiger partial charge in [-0.05, 0) is 54.1 Å². The van der Waals surface area contributed by atoms with Crippen LogP contribution in [0.3, 0.4) is 0 Å². The van der Waals surface area contributed by atoms with E-state index in [-0.39, 0.29) is 11.6 Å². The van der Waals surface area contributed by atoms with Gasteiger partial charge in [0.25, 0.3) is 5.56 Å². The van der Waals surface area contributed by atoms with Gasteiger partial charge in [0, 0.05) is 21.7 Å². The van der Waals surface area contributed by atoms with Crippen molar-refractivity contribution in [3.63, 3.8) is 0 Å². The summed E-state index contributed by atoms with van der Waals surface area (Å²) in [6.07, 6.45) is 4.45. The van der Waals surface area contributed by atoms with E-state index in [9.17, 15) is 9.59 Å². The summed E-state index contributed by atoms with van der Waals surface area (Å²) in [7, 11) is 4.52. The lowest BCUT2D eigenvalue weighted by molar-refractivity contribution is -0.128. The molecule has 0 aliphatic carbocycles. The first kappa shape index (κ1) is 29.3. The predicted octanol–water partition coefficient (Wildman–Crippen LogP) is 6.35. The monoisotopic (exact) mass is 639 g/mol. The van der Waals surface area contributed by atoms with Crippen molar-refractivity contribution in [2.24, 2.45) is 5.10 Å². The number of methoxy groups -OCH3 is 3. The van der Waals surface area contributed by atoms with Gasteiger partial charge in [0.05, 0.1) is 38.4 Å². The molecule has 0 fully saturated rings. The molecule has 1 aromatic heterocycles. The summed E-state index contributed by atoms with van der Waals surface area (Å²) in [5.74, 6) is 1.10. The molecule has 0 aliphatic rings. The maximum Gasteiger partial charge on any atom is 0.336 e. The number of benzene rings is 4. The van der Waals surface area contributed by atoms with E-state index in [0.29, 0.717) is 39.3 Å². The van der Waals surface area contributed by atoms with Gasteiger partial charge in [-0.1, -0.05) is 58.4 Å².